The highest BCUT2D eigenvalue weighted by atomic mass is 35.5. The van der Waals surface area contributed by atoms with E-state index in [0.29, 0.717) is 0 Å². The van der Waals surface area contributed by atoms with Crippen molar-refractivity contribution in [2.45, 2.75) is 37.8 Å². The number of carbonyl (C=O) groups excluding carboxylic acids is 2. The smallest absolute Gasteiger partial charge is 0.264 e. The first kappa shape index (κ1) is 32.1. The number of rotatable bonds is 11. The molecule has 0 aliphatic carbocycles. The summed E-state index contributed by atoms with van der Waals surface area (Å²) in [6.07, 6.45) is 0.223. The van der Waals surface area contributed by atoms with E-state index in [4.69, 9.17) is 23.2 Å². The number of anilines is 1. The fourth-order valence-corrected chi connectivity index (χ4v) is 6.62. The zero-order valence-corrected chi connectivity index (χ0v) is 26.5. The molecule has 4 aromatic rings. The van der Waals surface area contributed by atoms with Crippen LogP contribution in [-0.2, 0) is 32.6 Å². The fraction of sp³-hybridized carbons (Fsp3) is 0.212. The predicted octanol–water partition coefficient (Wildman–Crippen LogP) is 6.19. The molecule has 43 heavy (non-hydrogen) atoms. The average molecular weight is 639 g/mol. The molecule has 1 atom stereocenters. The summed E-state index contributed by atoms with van der Waals surface area (Å²) in [5.74, 6) is -0.962. The molecule has 0 fully saturated rings. The third kappa shape index (κ3) is 7.96. The molecule has 0 heterocycles. The molecule has 0 saturated heterocycles. The van der Waals surface area contributed by atoms with E-state index >= 15 is 0 Å². The SMILES string of the molecule is CNC(=O)[C@@H](Cc1ccccc1)N(Cc1cccc(C)c1)C(=O)CN(c1cc(Cl)ccc1Cl)S(=O)(=O)c1ccc(C)cc1. The minimum atomic E-state index is -4.29. The molecule has 0 radical (unpaired) electrons. The predicted molar refractivity (Wildman–Crippen MR) is 172 cm³/mol. The molecule has 0 unspecified atom stereocenters. The molecule has 0 aliphatic rings. The highest BCUT2D eigenvalue weighted by Gasteiger charge is 2.35. The normalized spacial score (nSPS) is 11.9. The van der Waals surface area contributed by atoms with Crippen LogP contribution in [0, 0.1) is 13.8 Å². The molecule has 1 N–H and O–H groups in total. The summed E-state index contributed by atoms with van der Waals surface area (Å²) in [7, 11) is -2.78. The van der Waals surface area contributed by atoms with Crippen LogP contribution in [0.1, 0.15) is 22.3 Å². The van der Waals surface area contributed by atoms with Crippen LogP contribution >= 0.6 is 23.2 Å². The molecule has 10 heteroatoms. The van der Waals surface area contributed by atoms with Crippen LogP contribution in [0.4, 0.5) is 5.69 Å². The van der Waals surface area contributed by atoms with Crippen LogP contribution in [0.15, 0.2) is 102 Å². The molecular formula is C33H33Cl2N3O4S. The van der Waals surface area contributed by atoms with Crippen molar-refractivity contribution in [2.24, 2.45) is 0 Å². The number of halogens is 2. The third-order valence-corrected chi connectivity index (χ3v) is 9.35. The van der Waals surface area contributed by atoms with E-state index in [0.717, 1.165) is 26.6 Å². The molecule has 4 aromatic carbocycles. The minimum Gasteiger partial charge on any atom is -0.357 e. The van der Waals surface area contributed by atoms with Gasteiger partial charge < -0.3 is 10.2 Å². The van der Waals surface area contributed by atoms with Crippen molar-refractivity contribution >= 4 is 50.7 Å². The first-order valence-electron chi connectivity index (χ1n) is 13.6. The molecule has 0 saturated carbocycles. The first-order valence-corrected chi connectivity index (χ1v) is 15.8. The highest BCUT2D eigenvalue weighted by molar-refractivity contribution is 7.92. The second-order valence-corrected chi connectivity index (χ2v) is 13.0. The largest absolute Gasteiger partial charge is 0.357 e. The maximum Gasteiger partial charge on any atom is 0.264 e. The number of nitrogens with one attached hydrogen (secondary N) is 1. The molecule has 0 aliphatic heterocycles. The Hall–Kier alpha value is -3.85. The number of benzene rings is 4. The zero-order valence-electron chi connectivity index (χ0n) is 24.1. The highest BCUT2D eigenvalue weighted by Crippen LogP contribution is 2.33. The van der Waals surface area contributed by atoms with Crippen molar-refractivity contribution < 1.29 is 18.0 Å². The first-order chi connectivity index (χ1) is 20.5. The van der Waals surface area contributed by atoms with Crippen LogP contribution in [-0.4, -0.2) is 44.8 Å². The summed E-state index contributed by atoms with van der Waals surface area (Å²) < 4.78 is 29.1. The lowest BCUT2D eigenvalue weighted by Crippen LogP contribution is -2.53. The van der Waals surface area contributed by atoms with Crippen molar-refractivity contribution in [2.75, 3.05) is 17.9 Å². The Morgan fingerprint density at radius 3 is 2.14 bits per heavy atom. The lowest BCUT2D eigenvalue weighted by atomic mass is 10.0. The Bertz CT molecular complexity index is 1700. The van der Waals surface area contributed by atoms with Crippen molar-refractivity contribution in [3.8, 4) is 0 Å². The van der Waals surface area contributed by atoms with Gasteiger partial charge in [0.25, 0.3) is 10.0 Å². The maximum absolute atomic E-state index is 14.4. The number of aryl methyl sites for hydroxylation is 2. The molecule has 0 spiro atoms. The maximum atomic E-state index is 14.4. The summed E-state index contributed by atoms with van der Waals surface area (Å²) in [5.41, 5.74) is 3.56. The lowest BCUT2D eigenvalue weighted by molar-refractivity contribution is -0.139. The van der Waals surface area contributed by atoms with E-state index < -0.39 is 28.5 Å². The molecule has 0 bridgehead atoms. The number of amides is 2. The van der Waals surface area contributed by atoms with Crippen LogP contribution < -0.4 is 9.62 Å². The number of hydrogen-bond donors (Lipinski definition) is 1. The van der Waals surface area contributed by atoms with Gasteiger partial charge in [0.1, 0.15) is 12.6 Å². The minimum absolute atomic E-state index is 0.0145. The number of nitrogens with zero attached hydrogens (tertiary/aromatic N) is 2. The second kappa shape index (κ2) is 14.1. The fourth-order valence-electron chi connectivity index (χ4n) is 4.76. The van der Waals surface area contributed by atoms with Crippen molar-refractivity contribution in [1.29, 1.82) is 0 Å². The van der Waals surface area contributed by atoms with Gasteiger partial charge in [0, 0.05) is 25.0 Å². The van der Waals surface area contributed by atoms with Crippen LogP contribution in [0.3, 0.4) is 0 Å². The van der Waals surface area contributed by atoms with Gasteiger partial charge in [-0.3, -0.25) is 13.9 Å². The van der Waals surface area contributed by atoms with Gasteiger partial charge >= 0.3 is 0 Å². The quantitative estimate of drug-likeness (QED) is 0.212. The van der Waals surface area contributed by atoms with Gasteiger partial charge in [-0.15, -0.1) is 0 Å². The van der Waals surface area contributed by atoms with Crippen LogP contribution in [0.5, 0.6) is 0 Å². The number of carbonyl (C=O) groups is 2. The van der Waals surface area contributed by atoms with Gasteiger partial charge in [0.05, 0.1) is 15.6 Å². The topological polar surface area (TPSA) is 86.8 Å². The number of sulfonamides is 1. The van der Waals surface area contributed by atoms with Crippen LogP contribution in [0.2, 0.25) is 10.0 Å². The van der Waals surface area contributed by atoms with Crippen molar-refractivity contribution in [1.82, 2.24) is 10.2 Å². The summed E-state index contributed by atoms with van der Waals surface area (Å²) >= 11 is 12.8. The van der Waals surface area contributed by atoms with E-state index in [1.807, 2.05) is 68.4 Å². The molecule has 2 amide bonds. The van der Waals surface area contributed by atoms with Crippen molar-refractivity contribution in [3.05, 3.63) is 129 Å². The van der Waals surface area contributed by atoms with E-state index in [-0.39, 0.29) is 39.5 Å². The average Bonchev–Trinajstić information content (AvgIpc) is 2.99. The summed E-state index contributed by atoms with van der Waals surface area (Å²) in [5, 5.41) is 3.03. The summed E-state index contributed by atoms with van der Waals surface area (Å²) in [6, 6.07) is 26.8. The van der Waals surface area contributed by atoms with E-state index in [1.54, 1.807) is 12.1 Å². The van der Waals surface area contributed by atoms with E-state index in [1.165, 1.54) is 42.3 Å². The number of hydrogen-bond acceptors (Lipinski definition) is 4. The molecular weight excluding hydrogens is 605 g/mol. The Kier molecular flexibility index (Phi) is 10.5. The van der Waals surface area contributed by atoms with Crippen LogP contribution in [0.25, 0.3) is 0 Å². The standard InChI is InChI=1S/C33H33Cl2N3O4S/c1-23-12-15-28(16-13-23)43(41,42)38(30-20-27(34)14-17-29(30)35)22-32(39)37(21-26-11-7-8-24(2)18-26)31(33(40)36-3)19-25-9-5-4-6-10-25/h4-18,20,31H,19,21-22H2,1-3H3,(H,36,40)/t31-/m1/s1. The monoisotopic (exact) mass is 637 g/mol. The summed E-state index contributed by atoms with van der Waals surface area (Å²) in [4.78, 5) is 29.1. The Morgan fingerprint density at radius 2 is 1.49 bits per heavy atom. The molecule has 4 rings (SSSR count). The molecule has 224 valence electrons. The Labute approximate surface area is 263 Å². The van der Waals surface area contributed by atoms with Gasteiger partial charge in [0.15, 0.2) is 0 Å². The lowest BCUT2D eigenvalue weighted by Gasteiger charge is -2.34. The summed E-state index contributed by atoms with van der Waals surface area (Å²) in [6.45, 7) is 3.24. The Morgan fingerprint density at radius 1 is 0.814 bits per heavy atom. The van der Waals surface area contributed by atoms with Gasteiger partial charge in [-0.05, 0) is 55.3 Å². The van der Waals surface area contributed by atoms with E-state index in [9.17, 15) is 18.0 Å². The third-order valence-electron chi connectivity index (χ3n) is 7.02. The van der Waals surface area contributed by atoms with Gasteiger partial charge in [-0.25, -0.2) is 8.42 Å². The molecule has 0 aromatic heterocycles. The Balaban J connectivity index is 1.82. The van der Waals surface area contributed by atoms with Gasteiger partial charge in [-0.2, -0.15) is 0 Å². The second-order valence-electron chi connectivity index (χ2n) is 10.3. The van der Waals surface area contributed by atoms with E-state index in [2.05, 4.69) is 5.32 Å². The zero-order chi connectivity index (χ0) is 31.1. The van der Waals surface area contributed by atoms with Crippen molar-refractivity contribution in [3.63, 3.8) is 0 Å². The number of likely N-dealkylation sites (N-methyl/N-ethyl adjacent to an activating group) is 1. The molecule has 7 nitrogen and oxygen atoms in total. The van der Waals surface area contributed by atoms with Gasteiger partial charge in [-0.1, -0.05) is 101 Å². The van der Waals surface area contributed by atoms with Gasteiger partial charge in [0.2, 0.25) is 11.8 Å².